The van der Waals surface area contributed by atoms with E-state index in [1.54, 1.807) is 13.8 Å². The van der Waals surface area contributed by atoms with Crippen LogP contribution in [0.3, 0.4) is 0 Å². The molecular formula is C17H22Cl2F3NO4S. The van der Waals surface area contributed by atoms with E-state index >= 15 is 0 Å². The van der Waals surface area contributed by atoms with Gasteiger partial charge in [-0.05, 0) is 33.3 Å². The summed E-state index contributed by atoms with van der Waals surface area (Å²) >= 11 is 12.1. The van der Waals surface area contributed by atoms with Crippen LogP contribution in [0.1, 0.15) is 45.2 Å². The molecule has 1 aliphatic rings. The minimum absolute atomic E-state index is 0.116. The Labute approximate surface area is 172 Å². The first kappa shape index (κ1) is 23.5. The monoisotopic (exact) mass is 463 g/mol. The van der Waals surface area contributed by atoms with Gasteiger partial charge in [-0.25, -0.2) is 8.42 Å². The Bertz CT molecular complexity index is 830. The van der Waals surface area contributed by atoms with Gasteiger partial charge >= 0.3 is 6.18 Å². The van der Waals surface area contributed by atoms with Gasteiger partial charge in [-0.2, -0.15) is 17.5 Å². The van der Waals surface area contributed by atoms with E-state index in [-0.39, 0.29) is 27.1 Å². The molecule has 1 aromatic rings. The van der Waals surface area contributed by atoms with Crippen LogP contribution in [-0.4, -0.2) is 48.0 Å². The van der Waals surface area contributed by atoms with Crippen molar-refractivity contribution in [1.82, 2.24) is 4.31 Å². The summed E-state index contributed by atoms with van der Waals surface area (Å²) in [6, 6.07) is 1.63. The second-order valence-corrected chi connectivity index (χ2v) is 10.2. The van der Waals surface area contributed by atoms with Crippen LogP contribution in [-0.2, 0) is 10.0 Å². The lowest BCUT2D eigenvalue weighted by Gasteiger charge is -2.45. The Morgan fingerprint density at radius 2 is 1.82 bits per heavy atom. The number of aliphatic hydroxyl groups excluding tert-OH is 1. The predicted molar refractivity (Wildman–Crippen MR) is 101 cm³/mol. The van der Waals surface area contributed by atoms with E-state index in [4.69, 9.17) is 27.9 Å². The van der Waals surface area contributed by atoms with Gasteiger partial charge in [0.1, 0.15) is 17.5 Å². The number of hydrogen-bond acceptors (Lipinski definition) is 4. The van der Waals surface area contributed by atoms with Crippen LogP contribution in [0.15, 0.2) is 12.1 Å². The molecule has 0 fully saturated rings. The van der Waals surface area contributed by atoms with Gasteiger partial charge in [-0.3, -0.25) is 0 Å². The first-order chi connectivity index (χ1) is 12.7. The highest BCUT2D eigenvalue weighted by Crippen LogP contribution is 2.46. The number of halogens is 5. The van der Waals surface area contributed by atoms with Crippen molar-refractivity contribution in [2.45, 2.75) is 57.5 Å². The zero-order chi connectivity index (χ0) is 21.5. The molecule has 0 saturated carbocycles. The number of fused-ring (bicyclic) bond motifs is 1. The molecule has 1 N–H and O–H groups in total. The maximum absolute atomic E-state index is 12.7. The molecule has 2 rings (SSSR count). The van der Waals surface area contributed by atoms with Gasteiger partial charge in [0.25, 0.3) is 0 Å². The number of benzene rings is 1. The summed E-state index contributed by atoms with van der Waals surface area (Å²) in [6.07, 6.45) is -7.34. The fourth-order valence-corrected chi connectivity index (χ4v) is 4.76. The fraction of sp³-hybridized carbons (Fsp3) is 0.647. The van der Waals surface area contributed by atoms with Gasteiger partial charge in [-0.15, -0.1) is 0 Å². The van der Waals surface area contributed by atoms with Crippen LogP contribution in [0.4, 0.5) is 13.2 Å². The minimum Gasteiger partial charge on any atom is -0.485 e. The van der Waals surface area contributed by atoms with Gasteiger partial charge < -0.3 is 9.84 Å². The van der Waals surface area contributed by atoms with Crippen LogP contribution in [0.2, 0.25) is 10.0 Å². The molecule has 0 aliphatic carbocycles. The number of hydrogen-bond donors (Lipinski definition) is 1. The summed E-state index contributed by atoms with van der Waals surface area (Å²) in [5.74, 6) is -0.109. The van der Waals surface area contributed by atoms with E-state index in [9.17, 15) is 26.7 Å². The summed E-state index contributed by atoms with van der Waals surface area (Å²) in [5.41, 5.74) is -0.953. The van der Waals surface area contributed by atoms with Crippen molar-refractivity contribution < 1.29 is 31.4 Å². The topological polar surface area (TPSA) is 66.8 Å². The summed E-state index contributed by atoms with van der Waals surface area (Å²) in [4.78, 5) is 0. The minimum atomic E-state index is -4.41. The van der Waals surface area contributed by atoms with Gasteiger partial charge in [0.05, 0.1) is 21.8 Å². The first-order valence-corrected chi connectivity index (χ1v) is 11.0. The van der Waals surface area contributed by atoms with E-state index in [0.29, 0.717) is 0 Å². The molecule has 0 aromatic heterocycles. The number of alkyl halides is 3. The number of aliphatic hydroxyl groups is 1. The van der Waals surface area contributed by atoms with Crippen LogP contribution < -0.4 is 4.74 Å². The molecule has 1 aromatic carbocycles. The third kappa shape index (κ3) is 5.05. The molecule has 0 amide bonds. The molecule has 11 heteroatoms. The van der Waals surface area contributed by atoms with Gasteiger partial charge in [0.2, 0.25) is 10.0 Å². The largest absolute Gasteiger partial charge is 0.485 e. The maximum atomic E-state index is 12.7. The molecule has 5 nitrogen and oxygen atoms in total. The molecule has 0 bridgehead atoms. The maximum Gasteiger partial charge on any atom is 0.389 e. The second-order valence-electron chi connectivity index (χ2n) is 7.13. The number of nitrogens with zero attached hydrogens (tertiary/aromatic N) is 1. The van der Waals surface area contributed by atoms with E-state index in [1.165, 1.54) is 19.1 Å². The van der Waals surface area contributed by atoms with E-state index in [1.807, 2.05) is 0 Å². The van der Waals surface area contributed by atoms with Crippen molar-refractivity contribution in [3.05, 3.63) is 27.7 Å². The van der Waals surface area contributed by atoms with Crippen molar-refractivity contribution in [3.63, 3.8) is 0 Å². The number of sulfonamides is 1. The highest BCUT2D eigenvalue weighted by atomic mass is 35.5. The molecule has 0 spiro atoms. The molecule has 2 atom stereocenters. The smallest absolute Gasteiger partial charge is 0.389 e. The van der Waals surface area contributed by atoms with Crippen LogP contribution in [0, 0.1) is 0 Å². The quantitative estimate of drug-likeness (QED) is 0.671. The molecule has 1 heterocycles. The fourth-order valence-electron chi connectivity index (χ4n) is 3.12. The van der Waals surface area contributed by atoms with Gasteiger partial charge in [-0.1, -0.05) is 23.2 Å². The molecule has 2 unspecified atom stereocenters. The number of rotatable bonds is 6. The Morgan fingerprint density at radius 1 is 1.25 bits per heavy atom. The normalized spacial score (nSPS) is 22.1. The lowest BCUT2D eigenvalue weighted by atomic mass is 9.86. The molecule has 28 heavy (non-hydrogen) atoms. The number of ether oxygens (including phenoxy) is 1. The van der Waals surface area contributed by atoms with Crippen molar-refractivity contribution in [3.8, 4) is 5.75 Å². The Kier molecular flexibility index (Phi) is 6.88. The predicted octanol–water partition coefficient (Wildman–Crippen LogP) is 4.56. The molecule has 0 radical (unpaired) electrons. The molecule has 0 saturated heterocycles. The lowest BCUT2D eigenvalue weighted by Crippen LogP contribution is -2.55. The molecule has 1 aliphatic heterocycles. The summed E-state index contributed by atoms with van der Waals surface area (Å²) in [5, 5.41) is 11.2. The van der Waals surface area contributed by atoms with Crippen molar-refractivity contribution in [2.75, 3.05) is 12.3 Å². The second kappa shape index (κ2) is 8.18. The highest BCUT2D eigenvalue weighted by molar-refractivity contribution is 7.89. The lowest BCUT2D eigenvalue weighted by molar-refractivity contribution is -0.136. The van der Waals surface area contributed by atoms with Crippen LogP contribution in [0.25, 0.3) is 0 Å². The first-order valence-electron chi connectivity index (χ1n) is 8.62. The Balaban J connectivity index is 2.55. The average molecular weight is 464 g/mol. The zero-order valence-corrected chi connectivity index (χ0v) is 17.9. The van der Waals surface area contributed by atoms with Gasteiger partial charge in [0, 0.05) is 24.6 Å². The molecule has 160 valence electrons. The average Bonchev–Trinajstić information content (AvgIpc) is 2.55. The summed E-state index contributed by atoms with van der Waals surface area (Å²) in [6.45, 7) is 4.09. The van der Waals surface area contributed by atoms with E-state index in [2.05, 4.69) is 0 Å². The zero-order valence-electron chi connectivity index (χ0n) is 15.6. The van der Waals surface area contributed by atoms with Crippen molar-refractivity contribution in [2.24, 2.45) is 0 Å². The molecular weight excluding hydrogens is 442 g/mol. The van der Waals surface area contributed by atoms with Crippen LogP contribution in [0.5, 0.6) is 5.75 Å². The van der Waals surface area contributed by atoms with E-state index in [0.717, 1.165) is 4.31 Å². The van der Waals surface area contributed by atoms with Gasteiger partial charge in [0.15, 0.2) is 0 Å². The Morgan fingerprint density at radius 3 is 2.36 bits per heavy atom. The third-order valence-electron chi connectivity index (χ3n) is 4.63. The van der Waals surface area contributed by atoms with Crippen LogP contribution >= 0.6 is 23.2 Å². The Hall–Kier alpha value is -0.740. The van der Waals surface area contributed by atoms with Crippen molar-refractivity contribution in [1.29, 1.82) is 0 Å². The SMILES string of the molecule is CCS(=O)(=O)N(CCCC(F)(F)F)C1c2cc(Cl)c(Cl)cc2OC(C)(C)C1O. The summed E-state index contributed by atoms with van der Waals surface area (Å²) < 4.78 is 69.9. The highest BCUT2D eigenvalue weighted by Gasteiger charge is 2.48. The standard InChI is InChI=1S/C17H22Cl2F3NO4S/c1-4-28(25,26)23(7-5-6-17(20,21)22)14-10-8-11(18)12(19)9-13(10)27-16(2,3)15(14)24/h8-9,14-15,24H,4-7H2,1-3H3. The van der Waals surface area contributed by atoms with Crippen molar-refractivity contribution >= 4 is 33.2 Å². The third-order valence-corrected chi connectivity index (χ3v) is 7.20. The summed E-state index contributed by atoms with van der Waals surface area (Å²) in [7, 11) is -3.95. The van der Waals surface area contributed by atoms with E-state index < -0.39 is 53.3 Å².